The summed E-state index contributed by atoms with van der Waals surface area (Å²) < 4.78 is 1.63. The summed E-state index contributed by atoms with van der Waals surface area (Å²) in [5, 5.41) is 10.7. The number of benzene rings is 1. The Kier molecular flexibility index (Phi) is 3.23. The molecular weight excluding hydrogens is 254 g/mol. The molecule has 6 nitrogen and oxygen atoms in total. The van der Waals surface area contributed by atoms with E-state index in [2.05, 4.69) is 15.6 Å². The molecule has 1 fully saturated rings. The topological polar surface area (TPSA) is 85.8 Å². The van der Waals surface area contributed by atoms with Crippen molar-refractivity contribution in [3.63, 3.8) is 0 Å². The average molecular weight is 271 g/mol. The number of hydrogen-bond acceptors (Lipinski definition) is 4. The van der Waals surface area contributed by atoms with Gasteiger partial charge in [-0.05, 0) is 25.0 Å². The normalized spacial score (nSPS) is 16.4. The van der Waals surface area contributed by atoms with Gasteiger partial charge in [-0.1, -0.05) is 23.8 Å². The molecule has 1 aromatic heterocycles. The Hall–Kier alpha value is -2.21. The molecule has 20 heavy (non-hydrogen) atoms. The van der Waals surface area contributed by atoms with Crippen molar-refractivity contribution in [1.29, 1.82) is 0 Å². The van der Waals surface area contributed by atoms with E-state index in [1.807, 2.05) is 24.3 Å². The molecule has 1 aromatic carbocycles. The largest absolute Gasteiger partial charge is 0.329 e. The number of nitrogens with zero attached hydrogens (tertiary/aromatic N) is 3. The number of para-hydroxylation sites is 2. The Balaban J connectivity index is 1.86. The third-order valence-electron chi connectivity index (χ3n) is 4.00. The van der Waals surface area contributed by atoms with Crippen LogP contribution < -0.4 is 11.1 Å². The predicted octanol–water partition coefficient (Wildman–Crippen LogP) is 1.33. The van der Waals surface area contributed by atoms with Crippen molar-refractivity contribution in [2.75, 3.05) is 11.9 Å². The van der Waals surface area contributed by atoms with E-state index in [0.29, 0.717) is 6.54 Å². The number of carbonyl (C=O) groups is 1. The fraction of sp³-hybridized carbons (Fsp3) is 0.357. The molecule has 0 bridgehead atoms. The zero-order valence-corrected chi connectivity index (χ0v) is 11.1. The second-order valence-corrected chi connectivity index (χ2v) is 5.16. The Morgan fingerprint density at radius 2 is 2.20 bits per heavy atom. The van der Waals surface area contributed by atoms with Crippen LogP contribution in [0.3, 0.4) is 0 Å². The molecule has 0 atom stereocenters. The summed E-state index contributed by atoms with van der Waals surface area (Å²) in [5.41, 5.74) is 6.90. The molecule has 1 heterocycles. The van der Waals surface area contributed by atoms with Gasteiger partial charge in [0.25, 0.3) is 0 Å². The lowest BCUT2D eigenvalue weighted by Crippen LogP contribution is -2.47. The number of amides is 1. The Morgan fingerprint density at radius 1 is 1.40 bits per heavy atom. The third kappa shape index (κ3) is 2.08. The van der Waals surface area contributed by atoms with E-state index < -0.39 is 5.41 Å². The molecule has 6 heteroatoms. The Morgan fingerprint density at radius 3 is 2.80 bits per heavy atom. The van der Waals surface area contributed by atoms with Crippen LogP contribution in [-0.2, 0) is 4.79 Å². The van der Waals surface area contributed by atoms with E-state index in [0.717, 1.165) is 30.6 Å². The molecule has 1 aliphatic carbocycles. The second kappa shape index (κ2) is 5.05. The van der Waals surface area contributed by atoms with Gasteiger partial charge in [0.1, 0.15) is 0 Å². The minimum atomic E-state index is -0.393. The highest BCUT2D eigenvalue weighted by Gasteiger charge is 2.42. The quantitative estimate of drug-likeness (QED) is 0.878. The van der Waals surface area contributed by atoms with Gasteiger partial charge < -0.3 is 11.1 Å². The van der Waals surface area contributed by atoms with Gasteiger partial charge in [0.15, 0.2) is 0 Å². The first-order chi connectivity index (χ1) is 9.75. The van der Waals surface area contributed by atoms with E-state index in [1.54, 1.807) is 17.1 Å². The molecule has 1 amide bonds. The number of rotatable bonds is 4. The molecule has 0 unspecified atom stereocenters. The lowest BCUT2D eigenvalue weighted by Gasteiger charge is -2.39. The Bertz CT molecular complexity index is 598. The summed E-state index contributed by atoms with van der Waals surface area (Å²) >= 11 is 0. The summed E-state index contributed by atoms with van der Waals surface area (Å²) in [6.45, 7) is 0.393. The number of nitrogens with one attached hydrogen (secondary N) is 1. The average Bonchev–Trinajstić information content (AvgIpc) is 2.92. The fourth-order valence-corrected chi connectivity index (χ4v) is 2.50. The smallest absolute Gasteiger partial charge is 0.231 e. The molecule has 1 aliphatic rings. The number of nitrogens with two attached hydrogens (primary N) is 1. The monoisotopic (exact) mass is 271 g/mol. The van der Waals surface area contributed by atoms with Gasteiger partial charge in [0, 0.05) is 6.54 Å². The van der Waals surface area contributed by atoms with Crippen molar-refractivity contribution in [2.24, 2.45) is 11.1 Å². The van der Waals surface area contributed by atoms with Crippen molar-refractivity contribution in [2.45, 2.75) is 19.3 Å². The number of anilines is 1. The van der Waals surface area contributed by atoms with Crippen LogP contribution >= 0.6 is 0 Å². The minimum Gasteiger partial charge on any atom is -0.329 e. The molecule has 104 valence electrons. The van der Waals surface area contributed by atoms with Crippen molar-refractivity contribution >= 4 is 11.6 Å². The van der Waals surface area contributed by atoms with Crippen LogP contribution in [0.5, 0.6) is 0 Å². The minimum absolute atomic E-state index is 0.00110. The number of carbonyl (C=O) groups excluding carboxylic acids is 1. The summed E-state index contributed by atoms with van der Waals surface area (Å²) in [6.07, 6.45) is 6.13. The summed E-state index contributed by atoms with van der Waals surface area (Å²) in [6, 6.07) is 7.53. The maximum absolute atomic E-state index is 12.4. The maximum atomic E-state index is 12.4. The standard InChI is InChI=1S/C14H17N5O/c15-10-14(6-3-7-14)13(20)17-11-4-1-2-5-12(11)19-9-8-16-18-19/h1-2,4-5,8-9H,3,6-7,10,15H2,(H,17,20). The first kappa shape index (κ1) is 12.8. The summed E-state index contributed by atoms with van der Waals surface area (Å²) in [7, 11) is 0. The summed E-state index contributed by atoms with van der Waals surface area (Å²) in [5.74, 6) is -0.00110. The van der Waals surface area contributed by atoms with Crippen molar-refractivity contribution in [3.8, 4) is 5.69 Å². The molecule has 2 aromatic rings. The lowest BCUT2D eigenvalue weighted by molar-refractivity contribution is -0.129. The fourth-order valence-electron chi connectivity index (χ4n) is 2.50. The van der Waals surface area contributed by atoms with Gasteiger partial charge in [-0.3, -0.25) is 4.79 Å². The first-order valence-electron chi connectivity index (χ1n) is 6.72. The highest BCUT2D eigenvalue weighted by molar-refractivity contribution is 5.97. The zero-order valence-electron chi connectivity index (χ0n) is 11.1. The number of aromatic nitrogens is 3. The predicted molar refractivity (Wildman–Crippen MR) is 75.3 cm³/mol. The molecule has 0 aliphatic heterocycles. The number of hydrogen-bond donors (Lipinski definition) is 2. The molecule has 0 radical (unpaired) electrons. The van der Waals surface area contributed by atoms with Gasteiger partial charge >= 0.3 is 0 Å². The van der Waals surface area contributed by atoms with Crippen molar-refractivity contribution in [3.05, 3.63) is 36.7 Å². The molecule has 3 N–H and O–H groups in total. The lowest BCUT2D eigenvalue weighted by atomic mass is 9.68. The first-order valence-corrected chi connectivity index (χ1v) is 6.72. The van der Waals surface area contributed by atoms with E-state index in [1.165, 1.54) is 0 Å². The highest BCUT2D eigenvalue weighted by atomic mass is 16.2. The van der Waals surface area contributed by atoms with Crippen LogP contribution in [0.1, 0.15) is 19.3 Å². The van der Waals surface area contributed by atoms with Crippen molar-refractivity contribution in [1.82, 2.24) is 15.0 Å². The SMILES string of the molecule is NCC1(C(=O)Nc2ccccc2-n2ccnn2)CCC1. The van der Waals surface area contributed by atoms with E-state index >= 15 is 0 Å². The molecule has 3 rings (SSSR count). The zero-order chi connectivity index (χ0) is 14.0. The molecule has 0 saturated heterocycles. The maximum Gasteiger partial charge on any atom is 0.231 e. The van der Waals surface area contributed by atoms with Gasteiger partial charge in [-0.25, -0.2) is 4.68 Å². The van der Waals surface area contributed by atoms with Gasteiger partial charge in [-0.15, -0.1) is 5.10 Å². The molecular formula is C14H17N5O. The van der Waals surface area contributed by atoms with Crippen LogP contribution in [0.25, 0.3) is 5.69 Å². The van der Waals surface area contributed by atoms with Gasteiger partial charge in [0.2, 0.25) is 5.91 Å². The van der Waals surface area contributed by atoms with Gasteiger partial charge in [0.05, 0.1) is 29.2 Å². The van der Waals surface area contributed by atoms with Crippen LogP contribution in [0.2, 0.25) is 0 Å². The van der Waals surface area contributed by atoms with Crippen LogP contribution in [0.4, 0.5) is 5.69 Å². The van der Waals surface area contributed by atoms with E-state index in [4.69, 9.17) is 5.73 Å². The molecule has 1 saturated carbocycles. The Labute approximate surface area is 117 Å². The second-order valence-electron chi connectivity index (χ2n) is 5.16. The van der Waals surface area contributed by atoms with Crippen LogP contribution in [0, 0.1) is 5.41 Å². The van der Waals surface area contributed by atoms with E-state index in [9.17, 15) is 4.79 Å². The van der Waals surface area contributed by atoms with Crippen LogP contribution in [0.15, 0.2) is 36.7 Å². The summed E-state index contributed by atoms with van der Waals surface area (Å²) in [4.78, 5) is 12.4. The van der Waals surface area contributed by atoms with Gasteiger partial charge in [-0.2, -0.15) is 0 Å². The molecule has 0 spiro atoms. The third-order valence-corrected chi connectivity index (χ3v) is 4.00. The van der Waals surface area contributed by atoms with Crippen LogP contribution in [-0.4, -0.2) is 27.4 Å². The van der Waals surface area contributed by atoms with Crippen molar-refractivity contribution < 1.29 is 4.79 Å². The highest BCUT2D eigenvalue weighted by Crippen LogP contribution is 2.41. The van der Waals surface area contributed by atoms with E-state index in [-0.39, 0.29) is 5.91 Å².